The van der Waals surface area contributed by atoms with Gasteiger partial charge >= 0.3 is 0 Å². The Morgan fingerprint density at radius 3 is 2.88 bits per heavy atom. The lowest BCUT2D eigenvalue weighted by atomic mass is 10.2. The lowest BCUT2D eigenvalue weighted by Crippen LogP contribution is -2.16. The van der Waals surface area contributed by atoms with E-state index in [1.807, 2.05) is 30.0 Å². The van der Waals surface area contributed by atoms with Crippen molar-refractivity contribution in [1.82, 2.24) is 4.98 Å². The smallest absolute Gasteiger partial charge is 0.0686 e. The summed E-state index contributed by atoms with van der Waals surface area (Å²) >= 11 is 1.93. The Morgan fingerprint density at radius 1 is 1.38 bits per heavy atom. The highest BCUT2D eigenvalue weighted by Crippen LogP contribution is 2.29. The number of aliphatic hydroxyl groups is 1. The third kappa shape index (κ3) is 3.80. The fraction of sp³-hybridized carbons (Fsp3) is 0.615. The third-order valence-electron chi connectivity index (χ3n) is 3.00. The van der Waals surface area contributed by atoms with Crippen LogP contribution in [0.4, 0.5) is 0 Å². The van der Waals surface area contributed by atoms with Gasteiger partial charge in [-0.1, -0.05) is 18.9 Å². The fourth-order valence-corrected chi connectivity index (χ4v) is 3.40. The Labute approximate surface area is 101 Å². The highest BCUT2D eigenvalue weighted by Gasteiger charge is 2.17. The molecule has 0 radical (unpaired) electrons. The van der Waals surface area contributed by atoms with Gasteiger partial charge in [-0.2, -0.15) is 11.8 Å². The normalized spacial score (nSPS) is 18.8. The number of hydrogen-bond acceptors (Lipinski definition) is 3. The van der Waals surface area contributed by atoms with Crippen LogP contribution in [0.25, 0.3) is 0 Å². The molecule has 1 fully saturated rings. The molecular weight excluding hydrogens is 218 g/mol. The maximum atomic E-state index is 9.90. The van der Waals surface area contributed by atoms with E-state index in [2.05, 4.69) is 4.98 Å². The Bertz CT molecular complexity index is 298. The summed E-state index contributed by atoms with van der Waals surface area (Å²) in [6.45, 7) is 0. The SMILES string of the molecule is OC(CSC1CCCC1)Cc1ccccn1. The summed E-state index contributed by atoms with van der Waals surface area (Å²) in [7, 11) is 0. The van der Waals surface area contributed by atoms with E-state index in [0.29, 0.717) is 6.42 Å². The van der Waals surface area contributed by atoms with Gasteiger partial charge in [-0.3, -0.25) is 4.98 Å². The third-order valence-corrected chi connectivity index (χ3v) is 4.52. The first-order chi connectivity index (χ1) is 7.84. The van der Waals surface area contributed by atoms with Gasteiger partial charge in [-0.05, 0) is 25.0 Å². The highest BCUT2D eigenvalue weighted by molar-refractivity contribution is 7.99. The molecule has 1 aliphatic carbocycles. The zero-order valence-electron chi connectivity index (χ0n) is 9.51. The maximum absolute atomic E-state index is 9.90. The van der Waals surface area contributed by atoms with Crippen LogP contribution in [0, 0.1) is 0 Å². The summed E-state index contributed by atoms with van der Waals surface area (Å²) in [6, 6.07) is 5.85. The summed E-state index contributed by atoms with van der Waals surface area (Å²) in [5.74, 6) is 0.848. The van der Waals surface area contributed by atoms with Crippen LogP contribution in [-0.2, 0) is 6.42 Å². The molecular formula is C13H19NOS. The number of hydrogen-bond donors (Lipinski definition) is 1. The second kappa shape index (κ2) is 6.26. The Hall–Kier alpha value is -0.540. The van der Waals surface area contributed by atoms with E-state index >= 15 is 0 Å². The van der Waals surface area contributed by atoms with Gasteiger partial charge in [0.05, 0.1) is 6.10 Å². The molecule has 1 N–H and O–H groups in total. The summed E-state index contributed by atoms with van der Waals surface area (Å²) in [5, 5.41) is 10.7. The average molecular weight is 237 g/mol. The van der Waals surface area contributed by atoms with E-state index in [4.69, 9.17) is 0 Å². The minimum absolute atomic E-state index is 0.250. The molecule has 1 heterocycles. The first-order valence-electron chi connectivity index (χ1n) is 6.04. The molecule has 0 aromatic carbocycles. The van der Waals surface area contributed by atoms with Gasteiger partial charge in [0.2, 0.25) is 0 Å². The minimum atomic E-state index is -0.250. The van der Waals surface area contributed by atoms with Gasteiger partial charge in [0.15, 0.2) is 0 Å². The molecule has 1 unspecified atom stereocenters. The van der Waals surface area contributed by atoms with E-state index in [9.17, 15) is 5.11 Å². The summed E-state index contributed by atoms with van der Waals surface area (Å²) < 4.78 is 0. The van der Waals surface area contributed by atoms with Gasteiger partial charge in [-0.25, -0.2) is 0 Å². The van der Waals surface area contributed by atoms with Crippen molar-refractivity contribution >= 4 is 11.8 Å². The molecule has 88 valence electrons. The summed E-state index contributed by atoms with van der Waals surface area (Å²) in [6.07, 6.45) is 7.62. The second-order valence-electron chi connectivity index (χ2n) is 4.42. The van der Waals surface area contributed by atoms with Crippen molar-refractivity contribution in [3.05, 3.63) is 30.1 Å². The summed E-state index contributed by atoms with van der Waals surface area (Å²) in [5.41, 5.74) is 0.988. The van der Waals surface area contributed by atoms with Crippen LogP contribution in [0.1, 0.15) is 31.4 Å². The molecule has 16 heavy (non-hydrogen) atoms. The van der Waals surface area contributed by atoms with E-state index in [1.165, 1.54) is 25.7 Å². The largest absolute Gasteiger partial charge is 0.392 e. The number of nitrogens with zero attached hydrogens (tertiary/aromatic N) is 1. The topological polar surface area (TPSA) is 33.1 Å². The van der Waals surface area contributed by atoms with Crippen LogP contribution in [0.15, 0.2) is 24.4 Å². The van der Waals surface area contributed by atoms with E-state index in [0.717, 1.165) is 16.7 Å². The zero-order chi connectivity index (χ0) is 11.2. The molecule has 1 aromatic heterocycles. The van der Waals surface area contributed by atoms with E-state index in [1.54, 1.807) is 6.20 Å². The van der Waals surface area contributed by atoms with Crippen LogP contribution < -0.4 is 0 Å². The minimum Gasteiger partial charge on any atom is -0.392 e. The number of rotatable bonds is 5. The molecule has 0 bridgehead atoms. The van der Waals surface area contributed by atoms with Crippen LogP contribution in [0.2, 0.25) is 0 Å². The van der Waals surface area contributed by atoms with Crippen LogP contribution >= 0.6 is 11.8 Å². The second-order valence-corrected chi connectivity index (χ2v) is 5.75. The van der Waals surface area contributed by atoms with Crippen LogP contribution in [0.5, 0.6) is 0 Å². The van der Waals surface area contributed by atoms with Crippen molar-refractivity contribution in [1.29, 1.82) is 0 Å². The molecule has 1 aromatic rings. The molecule has 1 aliphatic rings. The van der Waals surface area contributed by atoms with Crippen LogP contribution in [-0.4, -0.2) is 27.2 Å². The van der Waals surface area contributed by atoms with Crippen molar-refractivity contribution < 1.29 is 5.11 Å². The van der Waals surface area contributed by atoms with Crippen molar-refractivity contribution in [2.45, 2.75) is 43.5 Å². The molecule has 2 rings (SSSR count). The van der Waals surface area contributed by atoms with Crippen LogP contribution in [0.3, 0.4) is 0 Å². The van der Waals surface area contributed by atoms with Crippen molar-refractivity contribution in [2.75, 3.05) is 5.75 Å². The molecule has 2 nitrogen and oxygen atoms in total. The predicted octanol–water partition coefficient (Wildman–Crippen LogP) is 2.66. The lowest BCUT2D eigenvalue weighted by molar-refractivity contribution is 0.198. The average Bonchev–Trinajstić information content (AvgIpc) is 2.81. The van der Waals surface area contributed by atoms with Gasteiger partial charge < -0.3 is 5.11 Å². The maximum Gasteiger partial charge on any atom is 0.0686 e. The zero-order valence-corrected chi connectivity index (χ0v) is 10.3. The monoisotopic (exact) mass is 237 g/mol. The predicted molar refractivity (Wildman–Crippen MR) is 68.7 cm³/mol. The first kappa shape index (κ1) is 11.9. The molecule has 1 atom stereocenters. The Morgan fingerprint density at radius 2 is 2.19 bits per heavy atom. The van der Waals surface area contributed by atoms with E-state index in [-0.39, 0.29) is 6.10 Å². The van der Waals surface area contributed by atoms with Gasteiger partial charge in [0.1, 0.15) is 0 Å². The van der Waals surface area contributed by atoms with Crippen molar-refractivity contribution in [2.24, 2.45) is 0 Å². The number of aliphatic hydroxyl groups excluding tert-OH is 1. The molecule has 0 saturated heterocycles. The molecule has 1 saturated carbocycles. The Balaban J connectivity index is 1.69. The molecule has 3 heteroatoms. The Kier molecular flexibility index (Phi) is 4.67. The first-order valence-corrected chi connectivity index (χ1v) is 7.09. The molecule has 0 spiro atoms. The quantitative estimate of drug-likeness (QED) is 0.854. The number of pyridine rings is 1. The van der Waals surface area contributed by atoms with Gasteiger partial charge in [0.25, 0.3) is 0 Å². The standard InChI is InChI=1S/C13H19NOS/c15-12(9-11-5-3-4-8-14-11)10-16-13-6-1-2-7-13/h3-5,8,12-13,15H,1-2,6-7,9-10H2. The molecule has 0 amide bonds. The number of thioether (sulfide) groups is 1. The fourth-order valence-electron chi connectivity index (χ4n) is 2.12. The lowest BCUT2D eigenvalue weighted by Gasteiger charge is -2.13. The van der Waals surface area contributed by atoms with Crippen molar-refractivity contribution in [3.8, 4) is 0 Å². The summed E-state index contributed by atoms with van der Waals surface area (Å²) in [4.78, 5) is 4.23. The van der Waals surface area contributed by atoms with Crippen molar-refractivity contribution in [3.63, 3.8) is 0 Å². The van der Waals surface area contributed by atoms with Gasteiger partial charge in [-0.15, -0.1) is 0 Å². The van der Waals surface area contributed by atoms with Gasteiger partial charge in [0, 0.05) is 29.3 Å². The van der Waals surface area contributed by atoms with E-state index < -0.39 is 0 Å². The number of aromatic nitrogens is 1. The highest BCUT2D eigenvalue weighted by atomic mass is 32.2. The molecule has 0 aliphatic heterocycles.